The number of hydrogen-bond acceptors (Lipinski definition) is 4. The highest BCUT2D eigenvalue weighted by Crippen LogP contribution is 1.88. The van der Waals surface area contributed by atoms with Crippen molar-refractivity contribution < 1.29 is 19.2 Å². The minimum absolute atomic E-state index is 0.708. The Labute approximate surface area is 95.6 Å². The average molecular weight is 229 g/mol. The number of carboxylic acid groups (broad SMARTS) is 1. The Kier molecular flexibility index (Phi) is 6.17. The van der Waals surface area contributed by atoms with Gasteiger partial charge in [-0.1, -0.05) is 0 Å². The first kappa shape index (κ1) is 14.4. The lowest BCUT2D eigenvalue weighted by atomic mass is 10.5. The number of likely N-dealkylation sites (N-methyl/N-ethyl adjacent to an activating group) is 1. The first-order chi connectivity index (χ1) is 7.31. The minimum atomic E-state index is -1.08. The number of carboxylic acids is 1. The summed E-state index contributed by atoms with van der Waals surface area (Å²) in [6.45, 7) is 2.66. The largest absolute Gasteiger partial charge is 0.550 e. The van der Waals surface area contributed by atoms with Crippen molar-refractivity contribution in [2.24, 2.45) is 0 Å². The second kappa shape index (κ2) is 6.84. The summed E-state index contributed by atoms with van der Waals surface area (Å²) in [5.41, 5.74) is 0. The monoisotopic (exact) mass is 229 g/mol. The fourth-order valence-corrected chi connectivity index (χ4v) is 0.743. The number of quaternary nitrogens is 1. The highest BCUT2D eigenvalue weighted by molar-refractivity contribution is 5.60. The number of aromatic nitrogens is 2. The first-order valence-corrected chi connectivity index (χ1v) is 4.90. The van der Waals surface area contributed by atoms with E-state index in [1.54, 1.807) is 23.5 Å². The molecule has 0 N–H and O–H groups in total. The summed E-state index contributed by atoms with van der Waals surface area (Å²) in [4.78, 5) is 18.1. The summed E-state index contributed by atoms with van der Waals surface area (Å²) in [6.07, 6.45) is 5.14. The van der Waals surface area contributed by atoms with Crippen LogP contribution in [0.2, 0.25) is 0 Å². The highest BCUT2D eigenvalue weighted by atomic mass is 16.7. The maximum atomic E-state index is 8.89. The second-order valence-corrected chi connectivity index (χ2v) is 4.26. The van der Waals surface area contributed by atoms with Crippen molar-refractivity contribution in [1.82, 2.24) is 9.71 Å². The lowest BCUT2D eigenvalue weighted by molar-refractivity contribution is -0.870. The van der Waals surface area contributed by atoms with Crippen LogP contribution < -0.4 is 9.94 Å². The van der Waals surface area contributed by atoms with E-state index in [-0.39, 0.29) is 0 Å². The number of rotatable bonds is 4. The normalized spacial score (nSPS) is 10.2. The van der Waals surface area contributed by atoms with Gasteiger partial charge in [-0.05, 0) is 6.92 Å². The molecule has 0 saturated heterocycles. The molecule has 0 bridgehead atoms. The van der Waals surface area contributed by atoms with Crippen LogP contribution in [-0.4, -0.2) is 54.5 Å². The molecule has 1 aromatic heterocycles. The van der Waals surface area contributed by atoms with Crippen LogP contribution in [0.1, 0.15) is 6.92 Å². The smallest absolute Gasteiger partial charge is 0.163 e. The lowest BCUT2D eigenvalue weighted by Crippen LogP contribution is -2.39. The molecule has 1 rings (SSSR count). The van der Waals surface area contributed by atoms with E-state index in [0.29, 0.717) is 6.61 Å². The number of aliphatic carboxylic acids is 1. The van der Waals surface area contributed by atoms with Crippen LogP contribution >= 0.6 is 0 Å². The van der Waals surface area contributed by atoms with Crippen molar-refractivity contribution in [3.05, 3.63) is 18.7 Å². The molecule has 0 fully saturated rings. The van der Waals surface area contributed by atoms with Gasteiger partial charge in [-0.2, -0.15) is 4.73 Å². The van der Waals surface area contributed by atoms with Gasteiger partial charge in [-0.25, -0.2) is 4.98 Å². The SMILES string of the molecule is CC(=O)[O-].C[N+](C)(C)CCOn1ccnc1. The van der Waals surface area contributed by atoms with Crippen LogP contribution in [0.5, 0.6) is 0 Å². The molecular weight excluding hydrogens is 210 g/mol. The fraction of sp³-hybridized carbons (Fsp3) is 0.600. The first-order valence-electron chi connectivity index (χ1n) is 4.90. The summed E-state index contributed by atoms with van der Waals surface area (Å²) in [7, 11) is 6.41. The van der Waals surface area contributed by atoms with Crippen LogP contribution in [0.25, 0.3) is 0 Å². The number of hydrogen-bond donors (Lipinski definition) is 0. The molecule has 0 spiro atoms. The van der Waals surface area contributed by atoms with E-state index in [1.807, 2.05) is 0 Å². The number of carbonyl (C=O) groups excluding carboxylic acids is 1. The van der Waals surface area contributed by atoms with Crippen molar-refractivity contribution in [3.8, 4) is 0 Å². The van der Waals surface area contributed by atoms with Gasteiger partial charge < -0.3 is 19.2 Å². The molecular formula is C10H19N3O3. The van der Waals surface area contributed by atoms with Crippen molar-refractivity contribution >= 4 is 5.97 Å². The van der Waals surface area contributed by atoms with Gasteiger partial charge in [0.1, 0.15) is 12.9 Å². The van der Waals surface area contributed by atoms with Gasteiger partial charge >= 0.3 is 0 Å². The number of carbonyl (C=O) groups is 1. The third kappa shape index (κ3) is 10.5. The summed E-state index contributed by atoms with van der Waals surface area (Å²) >= 11 is 0. The predicted molar refractivity (Wildman–Crippen MR) is 57.3 cm³/mol. The zero-order valence-electron chi connectivity index (χ0n) is 10.2. The van der Waals surface area contributed by atoms with Gasteiger partial charge in [0, 0.05) is 12.2 Å². The summed E-state index contributed by atoms with van der Waals surface area (Å²) in [5.74, 6) is -1.08. The molecule has 0 aliphatic rings. The predicted octanol–water partition coefficient (Wildman–Crippen LogP) is -1.23. The van der Waals surface area contributed by atoms with E-state index in [0.717, 1.165) is 18.0 Å². The molecule has 16 heavy (non-hydrogen) atoms. The van der Waals surface area contributed by atoms with Gasteiger partial charge in [0.15, 0.2) is 6.61 Å². The number of imidazole rings is 1. The molecule has 0 unspecified atom stereocenters. The molecule has 0 aliphatic carbocycles. The summed E-state index contributed by atoms with van der Waals surface area (Å²) in [5, 5.41) is 8.89. The average Bonchev–Trinajstić information content (AvgIpc) is 2.52. The third-order valence-electron chi connectivity index (χ3n) is 1.48. The molecule has 0 radical (unpaired) electrons. The Morgan fingerprint density at radius 2 is 2.06 bits per heavy atom. The van der Waals surface area contributed by atoms with Gasteiger partial charge in [-0.3, -0.25) is 0 Å². The number of nitrogens with zero attached hydrogens (tertiary/aromatic N) is 3. The van der Waals surface area contributed by atoms with Crippen molar-refractivity contribution in [1.29, 1.82) is 0 Å². The fourth-order valence-electron chi connectivity index (χ4n) is 0.743. The van der Waals surface area contributed by atoms with E-state index >= 15 is 0 Å². The van der Waals surface area contributed by atoms with Crippen LogP contribution in [0.4, 0.5) is 0 Å². The van der Waals surface area contributed by atoms with Gasteiger partial charge in [0.25, 0.3) is 0 Å². The Balaban J connectivity index is 0.000000487. The van der Waals surface area contributed by atoms with E-state index < -0.39 is 5.97 Å². The second-order valence-electron chi connectivity index (χ2n) is 4.26. The molecule has 1 aromatic rings. The molecule has 92 valence electrons. The quantitative estimate of drug-likeness (QED) is 0.607. The summed E-state index contributed by atoms with van der Waals surface area (Å²) < 4.78 is 2.53. The zero-order valence-corrected chi connectivity index (χ0v) is 10.2. The zero-order chi connectivity index (χ0) is 12.6. The highest BCUT2D eigenvalue weighted by Gasteiger charge is 2.05. The van der Waals surface area contributed by atoms with Crippen LogP contribution in [0, 0.1) is 0 Å². The Hall–Kier alpha value is -1.56. The molecule has 0 saturated carbocycles. The van der Waals surface area contributed by atoms with Crippen molar-refractivity contribution in [2.45, 2.75) is 6.92 Å². The third-order valence-corrected chi connectivity index (χ3v) is 1.48. The van der Waals surface area contributed by atoms with Crippen LogP contribution in [-0.2, 0) is 4.79 Å². The van der Waals surface area contributed by atoms with E-state index in [1.165, 1.54) is 0 Å². The van der Waals surface area contributed by atoms with Crippen LogP contribution in [0.15, 0.2) is 18.7 Å². The molecule has 1 heterocycles. The summed E-state index contributed by atoms with van der Waals surface area (Å²) in [6, 6.07) is 0. The van der Waals surface area contributed by atoms with Crippen LogP contribution in [0.3, 0.4) is 0 Å². The van der Waals surface area contributed by atoms with E-state index in [2.05, 4.69) is 26.1 Å². The molecule has 6 nitrogen and oxygen atoms in total. The Morgan fingerprint density at radius 1 is 1.50 bits per heavy atom. The lowest BCUT2D eigenvalue weighted by Gasteiger charge is -2.23. The standard InChI is InChI=1S/C8H16N3O.C2H4O2/c1-11(2,3)6-7-12-10-5-4-9-8-10;1-2(3)4/h4-5,8H,6-7H2,1-3H3;1H3,(H,3,4)/q+1;/p-1. The van der Waals surface area contributed by atoms with Crippen molar-refractivity contribution in [2.75, 3.05) is 34.3 Å². The molecule has 6 heteroatoms. The topological polar surface area (TPSA) is 67.2 Å². The maximum Gasteiger partial charge on any atom is 0.163 e. The minimum Gasteiger partial charge on any atom is -0.550 e. The van der Waals surface area contributed by atoms with Crippen molar-refractivity contribution in [3.63, 3.8) is 0 Å². The van der Waals surface area contributed by atoms with Gasteiger partial charge in [0.05, 0.1) is 27.3 Å². The molecule has 0 aliphatic heterocycles. The van der Waals surface area contributed by atoms with Gasteiger partial charge in [-0.15, -0.1) is 0 Å². The van der Waals surface area contributed by atoms with E-state index in [9.17, 15) is 0 Å². The molecule has 0 amide bonds. The Morgan fingerprint density at radius 3 is 2.44 bits per heavy atom. The molecule has 0 atom stereocenters. The maximum absolute atomic E-state index is 8.89. The van der Waals surface area contributed by atoms with Gasteiger partial charge in [0.2, 0.25) is 0 Å². The van der Waals surface area contributed by atoms with E-state index in [4.69, 9.17) is 14.7 Å². The Bertz CT molecular complexity index is 287. The molecule has 0 aromatic carbocycles.